The maximum absolute atomic E-state index is 14.5. The molecule has 0 spiro atoms. The molecule has 0 amide bonds. The Morgan fingerprint density at radius 3 is 2.48 bits per heavy atom. The molecular formula is C17H15F4N3O3. The van der Waals surface area contributed by atoms with Crippen LogP contribution in [0.15, 0.2) is 21.7 Å². The van der Waals surface area contributed by atoms with Crippen LogP contribution in [0.25, 0.3) is 11.1 Å². The number of nitriles is 1. The average Bonchev–Trinajstić information content (AvgIpc) is 2.58. The fourth-order valence-corrected chi connectivity index (χ4v) is 2.43. The highest BCUT2D eigenvalue weighted by molar-refractivity contribution is 5.70. The summed E-state index contributed by atoms with van der Waals surface area (Å²) in [6.45, 7) is 3.44. The Labute approximate surface area is 150 Å². The minimum Gasteiger partial charge on any atom is -0.489 e. The van der Waals surface area contributed by atoms with Crippen LogP contribution in [0, 0.1) is 17.1 Å². The molecule has 10 heteroatoms. The molecule has 0 fully saturated rings. The van der Waals surface area contributed by atoms with E-state index >= 15 is 0 Å². The van der Waals surface area contributed by atoms with Crippen molar-refractivity contribution in [1.82, 2.24) is 9.55 Å². The smallest absolute Gasteiger partial charge is 0.432 e. The molecule has 0 aliphatic rings. The number of alkyl halides is 3. The molecule has 1 N–H and O–H groups in total. The van der Waals surface area contributed by atoms with Crippen molar-refractivity contribution < 1.29 is 22.3 Å². The van der Waals surface area contributed by atoms with Crippen LogP contribution in [0.3, 0.4) is 0 Å². The fraction of sp³-hybridized carbons (Fsp3) is 0.353. The number of ether oxygens (including phenoxy) is 1. The van der Waals surface area contributed by atoms with E-state index in [1.54, 1.807) is 24.9 Å². The number of nitrogens with one attached hydrogen (secondary N) is 1. The zero-order valence-electron chi connectivity index (χ0n) is 14.6. The second kappa shape index (κ2) is 7.26. The summed E-state index contributed by atoms with van der Waals surface area (Å²) in [5, 5.41) is 9.12. The molecule has 0 saturated carbocycles. The predicted octanol–water partition coefficient (Wildman–Crippen LogP) is 2.95. The third-order valence-electron chi connectivity index (χ3n) is 3.95. The van der Waals surface area contributed by atoms with E-state index in [4.69, 9.17) is 10.00 Å². The van der Waals surface area contributed by atoms with Crippen LogP contribution in [0.5, 0.6) is 5.75 Å². The van der Waals surface area contributed by atoms with Crippen molar-refractivity contribution in [3.05, 3.63) is 50.0 Å². The quantitative estimate of drug-likeness (QED) is 0.820. The van der Waals surface area contributed by atoms with E-state index in [9.17, 15) is 27.2 Å². The van der Waals surface area contributed by atoms with E-state index in [0.717, 1.165) is 13.1 Å². The normalized spacial score (nSPS) is 12.5. The third kappa shape index (κ3) is 3.86. The summed E-state index contributed by atoms with van der Waals surface area (Å²) >= 11 is 0. The van der Waals surface area contributed by atoms with Gasteiger partial charge in [-0.2, -0.15) is 18.4 Å². The van der Waals surface area contributed by atoms with Crippen molar-refractivity contribution in [2.45, 2.75) is 32.5 Å². The molecule has 27 heavy (non-hydrogen) atoms. The predicted molar refractivity (Wildman–Crippen MR) is 87.8 cm³/mol. The lowest BCUT2D eigenvalue weighted by molar-refractivity contribution is -0.143. The first-order chi connectivity index (χ1) is 12.5. The largest absolute Gasteiger partial charge is 0.489 e. The molecule has 2 aromatic rings. The molecule has 1 heterocycles. The number of aromatic amines is 1. The number of nitrogens with zero attached hydrogens (tertiary/aromatic N) is 2. The van der Waals surface area contributed by atoms with Gasteiger partial charge < -0.3 is 4.74 Å². The van der Waals surface area contributed by atoms with E-state index in [-0.39, 0.29) is 15.9 Å². The number of hydrogen-bond acceptors (Lipinski definition) is 4. The van der Waals surface area contributed by atoms with Crippen LogP contribution >= 0.6 is 0 Å². The second-order valence-corrected chi connectivity index (χ2v) is 5.82. The van der Waals surface area contributed by atoms with E-state index in [1.807, 2.05) is 0 Å². The van der Waals surface area contributed by atoms with Crippen LogP contribution in [-0.4, -0.2) is 15.7 Å². The van der Waals surface area contributed by atoms with Crippen molar-refractivity contribution in [3.63, 3.8) is 0 Å². The molecule has 0 aliphatic heterocycles. The number of rotatable bonds is 4. The summed E-state index contributed by atoms with van der Waals surface area (Å²) in [6, 6.07) is 3.25. The maximum Gasteiger partial charge on any atom is 0.432 e. The van der Waals surface area contributed by atoms with Gasteiger partial charge >= 0.3 is 11.9 Å². The van der Waals surface area contributed by atoms with Gasteiger partial charge in [0, 0.05) is 12.6 Å². The first-order valence-electron chi connectivity index (χ1n) is 7.82. The van der Waals surface area contributed by atoms with Crippen LogP contribution in [0.4, 0.5) is 17.6 Å². The highest BCUT2D eigenvalue weighted by atomic mass is 19.4. The summed E-state index contributed by atoms with van der Waals surface area (Å²) < 4.78 is 60.6. The molecule has 1 atom stereocenters. The Kier molecular flexibility index (Phi) is 5.44. The highest BCUT2D eigenvalue weighted by Crippen LogP contribution is 2.37. The third-order valence-corrected chi connectivity index (χ3v) is 3.95. The van der Waals surface area contributed by atoms with E-state index < -0.39 is 46.2 Å². The summed E-state index contributed by atoms with van der Waals surface area (Å²) in [4.78, 5) is 25.4. The summed E-state index contributed by atoms with van der Waals surface area (Å²) in [5.74, 6) is -1.39. The number of benzene rings is 1. The lowest BCUT2D eigenvalue weighted by atomic mass is 10.0. The van der Waals surface area contributed by atoms with Crippen molar-refractivity contribution in [3.8, 4) is 22.9 Å². The maximum atomic E-state index is 14.5. The molecule has 0 radical (unpaired) electrons. The standard InChI is InChI=1S/C17H15F4N3O3/c1-4-8(2)27-12-6-10(11(18)5-9(12)7-22)13-14(17(19,20)21)24(3)16(26)23-15(13)25/h5-6,8H,4H2,1-3H3,(H,23,25,26). The zero-order valence-corrected chi connectivity index (χ0v) is 14.6. The lowest BCUT2D eigenvalue weighted by Crippen LogP contribution is -2.35. The van der Waals surface area contributed by atoms with Gasteiger partial charge in [0.05, 0.1) is 17.2 Å². The molecule has 1 aromatic carbocycles. The Hall–Kier alpha value is -3.09. The SMILES string of the molecule is CCC(C)Oc1cc(-c2c(C(F)(F)F)n(C)c(=O)[nH]c2=O)c(F)cc1C#N. The molecule has 0 saturated heterocycles. The van der Waals surface area contributed by atoms with Crippen molar-refractivity contribution in [2.75, 3.05) is 0 Å². The van der Waals surface area contributed by atoms with Gasteiger partial charge in [-0.15, -0.1) is 0 Å². The second-order valence-electron chi connectivity index (χ2n) is 5.82. The first kappa shape index (κ1) is 20.2. The Morgan fingerprint density at radius 1 is 1.33 bits per heavy atom. The Morgan fingerprint density at radius 2 is 1.96 bits per heavy atom. The van der Waals surface area contributed by atoms with Crippen molar-refractivity contribution in [1.29, 1.82) is 5.26 Å². The van der Waals surface area contributed by atoms with Gasteiger partial charge in [-0.05, 0) is 25.5 Å². The average molecular weight is 385 g/mol. The van der Waals surface area contributed by atoms with Crippen molar-refractivity contribution in [2.24, 2.45) is 7.05 Å². The lowest BCUT2D eigenvalue weighted by Gasteiger charge is -2.18. The van der Waals surface area contributed by atoms with E-state index in [2.05, 4.69) is 0 Å². The van der Waals surface area contributed by atoms with Crippen LogP contribution in [0.2, 0.25) is 0 Å². The highest BCUT2D eigenvalue weighted by Gasteiger charge is 2.39. The summed E-state index contributed by atoms with van der Waals surface area (Å²) in [5.41, 5.74) is -6.32. The van der Waals surface area contributed by atoms with Gasteiger partial charge in [0.2, 0.25) is 0 Å². The van der Waals surface area contributed by atoms with Crippen molar-refractivity contribution >= 4 is 0 Å². The number of halogens is 4. The van der Waals surface area contributed by atoms with Crippen LogP contribution < -0.4 is 16.0 Å². The molecule has 144 valence electrons. The number of H-pyrrole nitrogens is 1. The van der Waals surface area contributed by atoms with Gasteiger partial charge in [-0.25, -0.2) is 9.18 Å². The molecule has 0 bridgehead atoms. The van der Waals surface area contributed by atoms with Gasteiger partial charge in [-0.3, -0.25) is 14.3 Å². The number of aromatic nitrogens is 2. The Balaban J connectivity index is 2.89. The van der Waals surface area contributed by atoms with Gasteiger partial charge in [0.15, 0.2) is 0 Å². The Bertz CT molecular complexity index is 1030. The number of hydrogen-bond donors (Lipinski definition) is 1. The fourth-order valence-electron chi connectivity index (χ4n) is 2.43. The summed E-state index contributed by atoms with van der Waals surface area (Å²) in [7, 11) is 0.808. The van der Waals surface area contributed by atoms with Crippen LogP contribution in [0.1, 0.15) is 31.5 Å². The van der Waals surface area contributed by atoms with E-state index in [1.165, 1.54) is 0 Å². The first-order valence-corrected chi connectivity index (χ1v) is 7.82. The monoisotopic (exact) mass is 385 g/mol. The van der Waals surface area contributed by atoms with E-state index in [0.29, 0.717) is 12.5 Å². The van der Waals surface area contributed by atoms with Crippen LogP contribution in [-0.2, 0) is 13.2 Å². The minimum atomic E-state index is -5.10. The summed E-state index contributed by atoms with van der Waals surface area (Å²) in [6.07, 6.45) is -4.99. The molecule has 1 aromatic heterocycles. The zero-order chi connectivity index (χ0) is 20.5. The molecular weight excluding hydrogens is 370 g/mol. The molecule has 0 aliphatic carbocycles. The van der Waals surface area contributed by atoms with Gasteiger partial charge in [0.1, 0.15) is 23.3 Å². The molecule has 2 rings (SSSR count). The van der Waals surface area contributed by atoms with Gasteiger partial charge in [-0.1, -0.05) is 6.92 Å². The minimum absolute atomic E-state index is 0.162. The topological polar surface area (TPSA) is 87.9 Å². The molecule has 1 unspecified atom stereocenters. The van der Waals surface area contributed by atoms with Gasteiger partial charge in [0.25, 0.3) is 5.56 Å². The molecule has 6 nitrogen and oxygen atoms in total.